The Morgan fingerprint density at radius 3 is 2.22 bits per heavy atom. The molecule has 0 unspecified atom stereocenters. The van der Waals surface area contributed by atoms with Crippen LogP contribution in [-0.4, -0.2) is 68.7 Å². The largest absolute Gasteiger partial charge is 0.497 e. The first-order chi connectivity index (χ1) is 17.9. The van der Waals surface area contributed by atoms with Crippen molar-refractivity contribution >= 4 is 11.7 Å². The smallest absolute Gasteiger partial charge is 0.220 e. The third-order valence-corrected chi connectivity index (χ3v) is 6.85. The van der Waals surface area contributed by atoms with Crippen molar-refractivity contribution in [3.05, 3.63) is 53.6 Å². The normalized spacial score (nSPS) is 15.1. The molecular formula is C29H40N2O6. The molecule has 1 amide bonds. The number of carbonyl (C=O) groups excluding carboxylic acids is 2. The maximum atomic E-state index is 12.8. The van der Waals surface area contributed by atoms with Gasteiger partial charge in [-0.25, -0.2) is 0 Å². The van der Waals surface area contributed by atoms with E-state index >= 15 is 0 Å². The second-order valence-corrected chi connectivity index (χ2v) is 9.45. The van der Waals surface area contributed by atoms with Gasteiger partial charge < -0.3 is 29.5 Å². The minimum absolute atomic E-state index is 0.0924. The van der Waals surface area contributed by atoms with Crippen LogP contribution in [0.5, 0.6) is 17.2 Å². The summed E-state index contributed by atoms with van der Waals surface area (Å²) in [7, 11) is 4.72. The Morgan fingerprint density at radius 1 is 0.892 bits per heavy atom. The van der Waals surface area contributed by atoms with Crippen molar-refractivity contribution in [3.63, 3.8) is 0 Å². The molecule has 3 rings (SSSR count). The number of methoxy groups -OCH3 is 3. The fourth-order valence-corrected chi connectivity index (χ4v) is 4.68. The van der Waals surface area contributed by atoms with Crippen LogP contribution < -0.4 is 19.5 Å². The summed E-state index contributed by atoms with van der Waals surface area (Å²) in [6.45, 7) is 2.51. The van der Waals surface area contributed by atoms with Gasteiger partial charge in [-0.2, -0.15) is 0 Å². The molecule has 37 heavy (non-hydrogen) atoms. The monoisotopic (exact) mass is 512 g/mol. The highest BCUT2D eigenvalue weighted by atomic mass is 16.5. The molecule has 1 aliphatic rings. The standard InChI is InChI=1S/C29H40N2O6/c1-35-23-14-11-21(12-15-23)25(32)9-5-4-6-10-28(33)30-24(20-31-17-7-8-18-31)29(34)22-13-16-26(36-2)27(19-22)37-3/h11-16,19,24,29,34H,4-10,17-18,20H2,1-3H3,(H,30,33)/t24-,29-/m1/s1. The Kier molecular flexibility index (Phi) is 11.2. The Labute approximate surface area is 219 Å². The molecule has 1 fully saturated rings. The summed E-state index contributed by atoms with van der Waals surface area (Å²) in [6.07, 6.45) is 4.37. The Hall–Kier alpha value is -3.10. The van der Waals surface area contributed by atoms with E-state index in [1.165, 1.54) is 0 Å². The summed E-state index contributed by atoms with van der Waals surface area (Å²) in [5, 5.41) is 14.3. The number of hydrogen-bond donors (Lipinski definition) is 2. The molecule has 0 spiro atoms. The van der Waals surface area contributed by atoms with E-state index in [9.17, 15) is 14.7 Å². The summed E-state index contributed by atoms with van der Waals surface area (Å²) in [5.74, 6) is 1.85. The number of aliphatic hydroxyl groups is 1. The molecule has 1 saturated heterocycles. The highest BCUT2D eigenvalue weighted by molar-refractivity contribution is 5.96. The fourth-order valence-electron chi connectivity index (χ4n) is 4.68. The summed E-state index contributed by atoms with van der Waals surface area (Å²) < 4.78 is 15.8. The molecule has 8 heteroatoms. The van der Waals surface area contributed by atoms with E-state index < -0.39 is 12.1 Å². The Bertz CT molecular complexity index is 1000. The predicted octanol–water partition coefficient (Wildman–Crippen LogP) is 4.16. The van der Waals surface area contributed by atoms with Gasteiger partial charge in [-0.3, -0.25) is 9.59 Å². The van der Waals surface area contributed by atoms with Gasteiger partial charge in [-0.05, 0) is 80.7 Å². The number of aliphatic hydroxyl groups excluding tert-OH is 1. The van der Waals surface area contributed by atoms with Crippen LogP contribution in [0.1, 0.15) is 67.0 Å². The van der Waals surface area contributed by atoms with Gasteiger partial charge in [0.15, 0.2) is 17.3 Å². The molecular weight excluding hydrogens is 472 g/mol. The average molecular weight is 513 g/mol. The molecule has 0 radical (unpaired) electrons. The number of unbranched alkanes of at least 4 members (excludes halogenated alkanes) is 2. The molecule has 0 aromatic heterocycles. The van der Waals surface area contributed by atoms with E-state index in [4.69, 9.17) is 14.2 Å². The zero-order chi connectivity index (χ0) is 26.6. The lowest BCUT2D eigenvalue weighted by molar-refractivity contribution is -0.123. The number of Topliss-reactive ketones (excluding diaryl/α,β-unsaturated/α-hetero) is 1. The number of carbonyl (C=O) groups is 2. The summed E-state index contributed by atoms with van der Waals surface area (Å²) in [5.41, 5.74) is 1.34. The molecule has 2 atom stereocenters. The van der Waals surface area contributed by atoms with Crippen molar-refractivity contribution in [1.82, 2.24) is 10.2 Å². The molecule has 8 nitrogen and oxygen atoms in total. The zero-order valence-electron chi connectivity index (χ0n) is 22.2. The summed E-state index contributed by atoms with van der Waals surface area (Å²) in [6, 6.07) is 12.0. The molecule has 202 valence electrons. The maximum absolute atomic E-state index is 12.8. The Morgan fingerprint density at radius 2 is 1.57 bits per heavy atom. The second-order valence-electron chi connectivity index (χ2n) is 9.45. The first kappa shape index (κ1) is 28.5. The molecule has 2 aromatic rings. The molecule has 0 aliphatic carbocycles. The van der Waals surface area contributed by atoms with Gasteiger partial charge in [-0.15, -0.1) is 0 Å². The first-order valence-electron chi connectivity index (χ1n) is 13.0. The second kappa shape index (κ2) is 14.6. The topological polar surface area (TPSA) is 97.3 Å². The quantitative estimate of drug-likeness (QED) is 0.273. The van der Waals surface area contributed by atoms with Crippen molar-refractivity contribution < 1.29 is 28.9 Å². The maximum Gasteiger partial charge on any atom is 0.220 e. The number of benzene rings is 2. The van der Waals surface area contributed by atoms with Crippen LogP contribution >= 0.6 is 0 Å². The van der Waals surface area contributed by atoms with Crippen LogP contribution in [0.3, 0.4) is 0 Å². The van der Waals surface area contributed by atoms with Crippen molar-refractivity contribution in [1.29, 1.82) is 0 Å². The highest BCUT2D eigenvalue weighted by Gasteiger charge is 2.27. The number of rotatable bonds is 15. The Balaban J connectivity index is 1.50. The van der Waals surface area contributed by atoms with Gasteiger partial charge in [0.1, 0.15) is 11.9 Å². The van der Waals surface area contributed by atoms with Gasteiger partial charge in [0.25, 0.3) is 0 Å². The first-order valence-corrected chi connectivity index (χ1v) is 13.0. The summed E-state index contributed by atoms with van der Waals surface area (Å²) >= 11 is 0. The third-order valence-electron chi connectivity index (χ3n) is 6.85. The van der Waals surface area contributed by atoms with E-state index in [0.29, 0.717) is 48.4 Å². The van der Waals surface area contributed by atoms with Crippen molar-refractivity contribution in [2.45, 2.75) is 57.1 Å². The van der Waals surface area contributed by atoms with Gasteiger partial charge in [0, 0.05) is 24.9 Å². The number of ether oxygens (including phenoxy) is 3. The number of nitrogens with one attached hydrogen (secondary N) is 1. The number of nitrogens with zero attached hydrogens (tertiary/aromatic N) is 1. The number of likely N-dealkylation sites (tertiary alicyclic amines) is 1. The SMILES string of the molecule is COc1ccc(C(=O)CCCCCC(=O)N[C@H](CN2CCCC2)[C@H](O)c2ccc(OC)c(OC)c2)cc1. The lowest BCUT2D eigenvalue weighted by atomic mass is 10.0. The van der Waals surface area contributed by atoms with Crippen LogP contribution in [0.15, 0.2) is 42.5 Å². The number of amides is 1. The number of hydrogen-bond acceptors (Lipinski definition) is 7. The van der Waals surface area contributed by atoms with E-state index in [2.05, 4.69) is 10.2 Å². The van der Waals surface area contributed by atoms with Crippen molar-refractivity contribution in [2.75, 3.05) is 41.0 Å². The van der Waals surface area contributed by atoms with E-state index in [-0.39, 0.29) is 11.7 Å². The van der Waals surface area contributed by atoms with E-state index in [1.807, 2.05) is 0 Å². The van der Waals surface area contributed by atoms with E-state index in [0.717, 1.165) is 44.5 Å². The average Bonchev–Trinajstić information content (AvgIpc) is 3.44. The van der Waals surface area contributed by atoms with Gasteiger partial charge in [0.05, 0.1) is 27.4 Å². The van der Waals surface area contributed by atoms with Crippen LogP contribution in [0.2, 0.25) is 0 Å². The van der Waals surface area contributed by atoms with Crippen LogP contribution in [-0.2, 0) is 4.79 Å². The lowest BCUT2D eigenvalue weighted by Crippen LogP contribution is -2.46. The van der Waals surface area contributed by atoms with Gasteiger partial charge in [0.2, 0.25) is 5.91 Å². The molecule has 1 heterocycles. The predicted molar refractivity (Wildman–Crippen MR) is 143 cm³/mol. The molecule has 0 saturated carbocycles. The number of ketones is 1. The van der Waals surface area contributed by atoms with Crippen molar-refractivity contribution in [2.24, 2.45) is 0 Å². The minimum atomic E-state index is -0.883. The molecule has 0 bridgehead atoms. The fraction of sp³-hybridized carbons (Fsp3) is 0.517. The van der Waals surface area contributed by atoms with Crippen LogP contribution in [0, 0.1) is 0 Å². The van der Waals surface area contributed by atoms with Gasteiger partial charge >= 0.3 is 0 Å². The van der Waals surface area contributed by atoms with Gasteiger partial charge in [-0.1, -0.05) is 12.5 Å². The van der Waals surface area contributed by atoms with Crippen molar-refractivity contribution in [3.8, 4) is 17.2 Å². The van der Waals surface area contributed by atoms with E-state index in [1.54, 1.807) is 63.8 Å². The zero-order valence-corrected chi connectivity index (χ0v) is 22.2. The molecule has 2 aromatic carbocycles. The lowest BCUT2D eigenvalue weighted by Gasteiger charge is -2.29. The molecule has 2 N–H and O–H groups in total. The third kappa shape index (κ3) is 8.47. The minimum Gasteiger partial charge on any atom is -0.497 e. The van der Waals surface area contributed by atoms with Crippen LogP contribution in [0.4, 0.5) is 0 Å². The highest BCUT2D eigenvalue weighted by Crippen LogP contribution is 2.31. The molecule has 1 aliphatic heterocycles. The van der Waals surface area contributed by atoms with Crippen LogP contribution in [0.25, 0.3) is 0 Å². The summed E-state index contributed by atoms with van der Waals surface area (Å²) in [4.78, 5) is 27.5.